The molecule has 3 aromatic rings. The van der Waals surface area contributed by atoms with Gasteiger partial charge < -0.3 is 38.2 Å². The summed E-state index contributed by atoms with van der Waals surface area (Å²) in [4.78, 5) is 29.0. The average Bonchev–Trinajstić information content (AvgIpc) is 3.13. The summed E-state index contributed by atoms with van der Waals surface area (Å²) in [5, 5.41) is 0. The first-order chi connectivity index (χ1) is 24.6. The maximum absolute atomic E-state index is 13.1. The van der Waals surface area contributed by atoms with Crippen LogP contribution in [0.3, 0.4) is 0 Å². The number of hydrogen-bond donors (Lipinski definition) is 0. The van der Waals surface area contributed by atoms with Crippen LogP contribution in [0.2, 0.25) is 0 Å². The molecule has 0 radical (unpaired) electrons. The lowest BCUT2D eigenvalue weighted by atomic mass is 9.87. The summed E-state index contributed by atoms with van der Waals surface area (Å²) in [5.41, 5.74) is 5.09. The lowest BCUT2D eigenvalue weighted by Gasteiger charge is -2.39. The maximum Gasteiger partial charge on any atom is 0.410 e. The quantitative estimate of drug-likeness (QED) is 0.119. The zero-order chi connectivity index (χ0) is 36.2. The molecule has 1 fully saturated rings. The van der Waals surface area contributed by atoms with Gasteiger partial charge in [0, 0.05) is 43.2 Å². The van der Waals surface area contributed by atoms with Gasteiger partial charge in [-0.05, 0) is 81.0 Å². The normalized spacial score (nSPS) is 17.4. The van der Waals surface area contributed by atoms with Gasteiger partial charge in [0.25, 0.3) is 0 Å². The van der Waals surface area contributed by atoms with Crippen LogP contribution in [-0.2, 0) is 43.4 Å². The number of nitrogens with zero attached hydrogens (tertiary/aromatic N) is 2. The Morgan fingerprint density at radius 1 is 0.922 bits per heavy atom. The molecule has 0 aliphatic carbocycles. The van der Waals surface area contributed by atoms with Gasteiger partial charge >= 0.3 is 12.1 Å². The van der Waals surface area contributed by atoms with E-state index in [4.69, 9.17) is 28.4 Å². The lowest BCUT2D eigenvalue weighted by Crippen LogP contribution is -2.48. The minimum Gasteiger partial charge on any atom is -0.496 e. The van der Waals surface area contributed by atoms with Crippen LogP contribution in [0.15, 0.2) is 66.7 Å². The monoisotopic (exact) mass is 702 g/mol. The summed E-state index contributed by atoms with van der Waals surface area (Å²) >= 11 is 0. The van der Waals surface area contributed by atoms with E-state index in [2.05, 4.69) is 35.2 Å². The first kappa shape index (κ1) is 38.0. The topological polar surface area (TPSA) is 96.0 Å². The van der Waals surface area contributed by atoms with Crippen LogP contribution in [0.1, 0.15) is 74.6 Å². The SMILES string of the molecule is COC(=O)CCN1CCCc2ccc(CO[C@H]3CN(C(=O)OC(C)(C)C)CC[C@@H]3c3ccc(OCCCOCc4ccccc4OC)cc3)cc21. The first-order valence-corrected chi connectivity index (χ1v) is 18.1. The molecule has 0 saturated carbocycles. The van der Waals surface area contributed by atoms with Crippen LogP contribution >= 0.6 is 0 Å². The molecule has 10 nitrogen and oxygen atoms in total. The van der Waals surface area contributed by atoms with E-state index in [1.54, 1.807) is 12.0 Å². The van der Waals surface area contributed by atoms with Crippen LogP contribution in [0.5, 0.6) is 11.5 Å². The van der Waals surface area contributed by atoms with Crippen LogP contribution in [0.25, 0.3) is 0 Å². The Balaban J connectivity index is 1.19. The van der Waals surface area contributed by atoms with Crippen LogP contribution in [-0.4, -0.2) is 82.3 Å². The molecule has 0 spiro atoms. The second-order valence-corrected chi connectivity index (χ2v) is 14.2. The van der Waals surface area contributed by atoms with Crippen molar-refractivity contribution < 1.29 is 38.0 Å². The minimum atomic E-state index is -0.579. The van der Waals surface area contributed by atoms with E-state index >= 15 is 0 Å². The summed E-state index contributed by atoms with van der Waals surface area (Å²) in [6, 6.07) is 22.6. The minimum absolute atomic E-state index is 0.0929. The third kappa shape index (κ3) is 11.1. The molecule has 51 heavy (non-hydrogen) atoms. The van der Waals surface area contributed by atoms with Gasteiger partial charge in [-0.3, -0.25) is 4.79 Å². The van der Waals surface area contributed by atoms with Crippen molar-refractivity contribution in [2.24, 2.45) is 0 Å². The molecular weight excluding hydrogens is 648 g/mol. The number of benzene rings is 3. The van der Waals surface area contributed by atoms with Crippen molar-refractivity contribution in [1.82, 2.24) is 4.90 Å². The van der Waals surface area contributed by atoms with E-state index in [0.29, 0.717) is 52.5 Å². The summed E-state index contributed by atoms with van der Waals surface area (Å²) in [6.45, 7) is 10.2. The number of hydrogen-bond acceptors (Lipinski definition) is 9. The third-order valence-corrected chi connectivity index (χ3v) is 9.31. The van der Waals surface area contributed by atoms with E-state index in [9.17, 15) is 9.59 Å². The fraction of sp³-hybridized carbons (Fsp3) is 0.512. The second-order valence-electron chi connectivity index (χ2n) is 14.2. The zero-order valence-electron chi connectivity index (χ0n) is 30.9. The Kier molecular flexibility index (Phi) is 13.6. The summed E-state index contributed by atoms with van der Waals surface area (Å²) < 4.78 is 34.5. The molecule has 0 bridgehead atoms. The molecule has 276 valence electrons. The number of likely N-dealkylation sites (tertiary alicyclic amines) is 1. The standard InChI is InChI=1S/C41H54N2O8/c1-41(2,3)51-40(45)43-22-19-35(31-15-17-34(18-16-31)49-25-9-24-48-29-33-10-6-7-12-37(33)46-4)38(27-43)50-28-30-13-14-32-11-8-21-42(36(32)26-30)23-20-39(44)47-5/h6-7,10,12-18,26,35,38H,8-9,11,19-25,27-29H2,1-5H3/t35-,38+/m1/s1. The highest BCUT2D eigenvalue weighted by atomic mass is 16.6. The Morgan fingerprint density at radius 3 is 2.49 bits per heavy atom. The fourth-order valence-corrected chi connectivity index (χ4v) is 6.68. The van der Waals surface area contributed by atoms with E-state index in [0.717, 1.165) is 66.1 Å². The molecule has 2 aliphatic heterocycles. The number of piperidine rings is 1. The molecule has 0 aromatic heterocycles. The Morgan fingerprint density at radius 2 is 1.73 bits per heavy atom. The van der Waals surface area contributed by atoms with E-state index in [-0.39, 0.29) is 24.1 Å². The van der Waals surface area contributed by atoms with Gasteiger partial charge in [-0.1, -0.05) is 42.5 Å². The highest BCUT2D eigenvalue weighted by Crippen LogP contribution is 2.34. The van der Waals surface area contributed by atoms with Crippen molar-refractivity contribution >= 4 is 17.7 Å². The predicted molar refractivity (Wildman–Crippen MR) is 197 cm³/mol. The first-order valence-electron chi connectivity index (χ1n) is 18.1. The molecule has 10 heteroatoms. The number of carbonyl (C=O) groups excluding carboxylic acids is 2. The Bertz CT molecular complexity index is 1570. The molecule has 3 aromatic carbocycles. The molecule has 5 rings (SSSR count). The second kappa shape index (κ2) is 18.3. The number of aryl methyl sites for hydroxylation is 1. The van der Waals surface area contributed by atoms with E-state index < -0.39 is 5.60 Å². The highest BCUT2D eigenvalue weighted by Gasteiger charge is 2.35. The van der Waals surface area contributed by atoms with E-state index in [1.165, 1.54) is 12.7 Å². The smallest absolute Gasteiger partial charge is 0.410 e. The molecule has 2 heterocycles. The molecule has 0 N–H and O–H groups in total. The third-order valence-electron chi connectivity index (χ3n) is 9.31. The number of methoxy groups -OCH3 is 2. The molecule has 1 amide bonds. The molecule has 2 atom stereocenters. The van der Waals surface area contributed by atoms with Crippen LogP contribution in [0.4, 0.5) is 10.5 Å². The van der Waals surface area contributed by atoms with Crippen molar-refractivity contribution in [3.8, 4) is 11.5 Å². The van der Waals surface area contributed by atoms with Crippen molar-refractivity contribution in [3.05, 3.63) is 89.0 Å². The number of anilines is 1. The van der Waals surface area contributed by atoms with Crippen LogP contribution in [0, 0.1) is 0 Å². The number of rotatable bonds is 15. The van der Waals surface area contributed by atoms with Crippen molar-refractivity contribution in [1.29, 1.82) is 0 Å². The molecule has 0 unspecified atom stereocenters. The van der Waals surface area contributed by atoms with Gasteiger partial charge in [0.15, 0.2) is 0 Å². The van der Waals surface area contributed by atoms with Crippen molar-refractivity contribution in [3.63, 3.8) is 0 Å². The zero-order valence-corrected chi connectivity index (χ0v) is 30.9. The molecule has 1 saturated heterocycles. The number of para-hydroxylation sites is 1. The van der Waals surface area contributed by atoms with Gasteiger partial charge in [0.05, 0.1) is 59.7 Å². The van der Waals surface area contributed by atoms with Gasteiger partial charge in [-0.2, -0.15) is 0 Å². The summed E-state index contributed by atoms with van der Waals surface area (Å²) in [6.07, 6.45) is 3.38. The van der Waals surface area contributed by atoms with E-state index in [1.807, 2.05) is 57.2 Å². The number of ether oxygens (including phenoxy) is 6. The summed E-state index contributed by atoms with van der Waals surface area (Å²) in [7, 11) is 3.09. The van der Waals surface area contributed by atoms with Crippen molar-refractivity contribution in [2.75, 3.05) is 58.5 Å². The van der Waals surface area contributed by atoms with Gasteiger partial charge in [0.1, 0.15) is 17.1 Å². The maximum atomic E-state index is 13.1. The number of fused-ring (bicyclic) bond motifs is 1. The number of carbonyl (C=O) groups is 2. The molecule has 2 aliphatic rings. The Hall–Kier alpha value is -4.28. The van der Waals surface area contributed by atoms with Crippen molar-refractivity contribution in [2.45, 2.75) is 83.7 Å². The van der Waals surface area contributed by atoms with Gasteiger partial charge in [-0.25, -0.2) is 4.79 Å². The fourth-order valence-electron chi connectivity index (χ4n) is 6.68. The van der Waals surface area contributed by atoms with Gasteiger partial charge in [-0.15, -0.1) is 0 Å². The number of esters is 1. The average molecular weight is 703 g/mol. The summed E-state index contributed by atoms with van der Waals surface area (Å²) in [5.74, 6) is 1.52. The Labute approximate surface area is 302 Å². The molecular formula is C41H54N2O8. The highest BCUT2D eigenvalue weighted by molar-refractivity contribution is 5.70. The largest absolute Gasteiger partial charge is 0.496 e. The van der Waals surface area contributed by atoms with Crippen LogP contribution < -0.4 is 14.4 Å². The predicted octanol–water partition coefficient (Wildman–Crippen LogP) is 7.31. The number of amides is 1. The van der Waals surface area contributed by atoms with Gasteiger partial charge in [0.2, 0.25) is 0 Å². The lowest BCUT2D eigenvalue weighted by molar-refractivity contribution is -0.140.